The summed E-state index contributed by atoms with van der Waals surface area (Å²) >= 11 is 1.15. The number of aromatic nitrogens is 4. The summed E-state index contributed by atoms with van der Waals surface area (Å²) in [7, 11) is 1.50. The van der Waals surface area contributed by atoms with Gasteiger partial charge in [0.05, 0.1) is 12.8 Å². The molecule has 0 bridgehead atoms. The summed E-state index contributed by atoms with van der Waals surface area (Å²) < 4.78 is 4.98. The van der Waals surface area contributed by atoms with Crippen LogP contribution in [0.3, 0.4) is 0 Å². The van der Waals surface area contributed by atoms with Gasteiger partial charge in [0.2, 0.25) is 5.13 Å². The molecular weight excluding hydrogens is 340 g/mol. The van der Waals surface area contributed by atoms with Gasteiger partial charge in [-0.2, -0.15) is 5.10 Å². The van der Waals surface area contributed by atoms with E-state index in [0.717, 1.165) is 33.9 Å². The van der Waals surface area contributed by atoms with Gasteiger partial charge >= 0.3 is 0 Å². The third-order valence-corrected chi connectivity index (χ3v) is 4.35. The maximum absolute atomic E-state index is 12.7. The van der Waals surface area contributed by atoms with Crippen LogP contribution < -0.4 is 10.1 Å². The summed E-state index contributed by atoms with van der Waals surface area (Å²) in [4.78, 5) is 16.6. The molecule has 0 saturated heterocycles. The van der Waals surface area contributed by atoms with E-state index in [0.29, 0.717) is 21.6 Å². The average Bonchev–Trinajstić information content (AvgIpc) is 3.18. The first-order valence-electron chi connectivity index (χ1n) is 7.44. The standard InChI is InChI=1S/C16H20N6O2S/c1-8(17-5)7-12(13-10(3)19-20-11(13)4)9(2)14(23)18-15-21-22-16(24-6)25-15/h7H,5H2,1-4,6H3,(H,19,20)(H,18,21,23)/b8-7-,12-9-. The molecule has 2 heterocycles. The van der Waals surface area contributed by atoms with Crippen molar-refractivity contribution in [2.24, 2.45) is 4.99 Å². The van der Waals surface area contributed by atoms with E-state index < -0.39 is 0 Å². The van der Waals surface area contributed by atoms with Gasteiger partial charge < -0.3 is 4.74 Å². The third-order valence-electron chi connectivity index (χ3n) is 3.55. The molecule has 25 heavy (non-hydrogen) atoms. The van der Waals surface area contributed by atoms with Crippen LogP contribution in [0.4, 0.5) is 5.13 Å². The molecular formula is C16H20N6O2S. The van der Waals surface area contributed by atoms with Crippen molar-refractivity contribution >= 4 is 34.7 Å². The minimum atomic E-state index is -0.290. The highest BCUT2D eigenvalue weighted by Gasteiger charge is 2.18. The number of aliphatic imine (C=N–C) groups is 1. The molecule has 0 aliphatic rings. The molecule has 0 aliphatic heterocycles. The molecule has 0 radical (unpaired) electrons. The van der Waals surface area contributed by atoms with Crippen molar-refractivity contribution < 1.29 is 9.53 Å². The van der Waals surface area contributed by atoms with Crippen molar-refractivity contribution in [3.63, 3.8) is 0 Å². The molecule has 0 atom stereocenters. The Hall–Kier alpha value is -2.81. The van der Waals surface area contributed by atoms with Crippen LogP contribution in [0, 0.1) is 13.8 Å². The zero-order chi connectivity index (χ0) is 18.6. The SMILES string of the molecule is C=N/C(C)=C\C(=C(/C)C(=O)Nc1nnc(OC)s1)c1c(C)n[nH]c1C. The number of carbonyl (C=O) groups excluding carboxylic acids is 1. The van der Waals surface area contributed by atoms with Gasteiger partial charge in [-0.05, 0) is 57.4 Å². The molecule has 0 aromatic carbocycles. The summed E-state index contributed by atoms with van der Waals surface area (Å²) in [5.74, 6) is -0.290. The number of hydrogen-bond donors (Lipinski definition) is 2. The zero-order valence-electron chi connectivity index (χ0n) is 14.8. The molecule has 8 nitrogen and oxygen atoms in total. The predicted octanol–water partition coefficient (Wildman–Crippen LogP) is 2.90. The number of aryl methyl sites for hydroxylation is 2. The van der Waals surface area contributed by atoms with Crippen LogP contribution in [0.1, 0.15) is 30.8 Å². The normalized spacial score (nSPS) is 12.6. The van der Waals surface area contributed by atoms with Gasteiger partial charge in [-0.15, -0.1) is 5.10 Å². The van der Waals surface area contributed by atoms with Crippen LogP contribution in [0.15, 0.2) is 22.3 Å². The van der Waals surface area contributed by atoms with E-state index in [1.807, 2.05) is 26.8 Å². The van der Waals surface area contributed by atoms with Crippen LogP contribution in [0.5, 0.6) is 5.19 Å². The van der Waals surface area contributed by atoms with Crippen molar-refractivity contribution in [2.45, 2.75) is 27.7 Å². The predicted molar refractivity (Wildman–Crippen MR) is 99.1 cm³/mol. The first-order valence-corrected chi connectivity index (χ1v) is 8.25. The molecule has 132 valence electrons. The number of rotatable bonds is 6. The van der Waals surface area contributed by atoms with Gasteiger partial charge in [-0.25, -0.2) is 0 Å². The maximum Gasteiger partial charge on any atom is 0.295 e. The molecule has 2 aromatic rings. The second-order valence-corrected chi connectivity index (χ2v) is 6.26. The molecule has 1 amide bonds. The Morgan fingerprint density at radius 3 is 2.60 bits per heavy atom. The number of allylic oxidation sites excluding steroid dienone is 3. The second-order valence-electron chi connectivity index (χ2n) is 5.32. The lowest BCUT2D eigenvalue weighted by Gasteiger charge is -2.10. The number of carbonyl (C=O) groups is 1. The van der Waals surface area contributed by atoms with Crippen molar-refractivity contribution in [3.8, 4) is 5.19 Å². The number of methoxy groups -OCH3 is 1. The van der Waals surface area contributed by atoms with Crippen molar-refractivity contribution in [2.75, 3.05) is 12.4 Å². The Kier molecular flexibility index (Phi) is 5.81. The number of ether oxygens (including phenoxy) is 1. The number of nitrogens with zero attached hydrogens (tertiary/aromatic N) is 4. The lowest BCUT2D eigenvalue weighted by Crippen LogP contribution is -2.14. The van der Waals surface area contributed by atoms with E-state index in [1.165, 1.54) is 7.11 Å². The van der Waals surface area contributed by atoms with Gasteiger partial charge in [0, 0.05) is 22.5 Å². The van der Waals surface area contributed by atoms with Crippen LogP contribution in [0.2, 0.25) is 0 Å². The van der Waals surface area contributed by atoms with E-state index in [9.17, 15) is 4.79 Å². The number of anilines is 1. The number of hydrogen-bond acceptors (Lipinski definition) is 7. The molecule has 2 rings (SSSR count). The van der Waals surface area contributed by atoms with Gasteiger partial charge in [-0.1, -0.05) is 5.10 Å². The van der Waals surface area contributed by atoms with Gasteiger partial charge in [-0.3, -0.25) is 20.2 Å². The Bertz CT molecular complexity index is 842. The highest BCUT2D eigenvalue weighted by Crippen LogP contribution is 2.28. The van der Waals surface area contributed by atoms with E-state index in [2.05, 4.69) is 37.4 Å². The molecule has 0 saturated carbocycles. The molecule has 2 N–H and O–H groups in total. The highest BCUT2D eigenvalue weighted by molar-refractivity contribution is 7.17. The lowest BCUT2D eigenvalue weighted by molar-refractivity contribution is -0.112. The minimum Gasteiger partial charge on any atom is -0.472 e. The quantitative estimate of drug-likeness (QED) is 0.468. The number of H-pyrrole nitrogens is 1. The minimum absolute atomic E-state index is 0.290. The summed E-state index contributed by atoms with van der Waals surface area (Å²) in [6.07, 6.45) is 1.81. The lowest BCUT2D eigenvalue weighted by atomic mass is 9.97. The monoisotopic (exact) mass is 360 g/mol. The maximum atomic E-state index is 12.7. The Balaban J connectivity index is 2.45. The van der Waals surface area contributed by atoms with Crippen LogP contribution >= 0.6 is 11.3 Å². The summed E-state index contributed by atoms with van der Waals surface area (Å²) in [5.41, 5.74) is 4.45. The summed E-state index contributed by atoms with van der Waals surface area (Å²) in [6, 6.07) is 0. The van der Waals surface area contributed by atoms with Crippen molar-refractivity contribution in [1.82, 2.24) is 20.4 Å². The number of amides is 1. The van der Waals surface area contributed by atoms with Crippen LogP contribution in [0.25, 0.3) is 5.57 Å². The summed E-state index contributed by atoms with van der Waals surface area (Å²) in [6.45, 7) is 10.9. The fraction of sp³-hybridized carbons (Fsp3) is 0.312. The molecule has 9 heteroatoms. The second kappa shape index (κ2) is 7.84. The van der Waals surface area contributed by atoms with Crippen molar-refractivity contribution in [1.29, 1.82) is 0 Å². The van der Waals surface area contributed by atoms with E-state index in [4.69, 9.17) is 4.74 Å². The molecule has 0 spiro atoms. The highest BCUT2D eigenvalue weighted by atomic mass is 32.1. The average molecular weight is 360 g/mol. The first kappa shape index (κ1) is 18.5. The smallest absolute Gasteiger partial charge is 0.295 e. The van der Waals surface area contributed by atoms with Crippen molar-refractivity contribution in [3.05, 3.63) is 34.3 Å². The third kappa shape index (κ3) is 4.18. The van der Waals surface area contributed by atoms with Crippen LogP contribution in [-0.4, -0.2) is 40.1 Å². The molecule has 0 unspecified atom stereocenters. The largest absolute Gasteiger partial charge is 0.472 e. The summed E-state index contributed by atoms with van der Waals surface area (Å²) in [5, 5.41) is 18.3. The van der Waals surface area contributed by atoms with Gasteiger partial charge in [0.15, 0.2) is 0 Å². The Morgan fingerprint density at radius 2 is 2.08 bits per heavy atom. The van der Waals surface area contributed by atoms with E-state index in [-0.39, 0.29) is 5.91 Å². The fourth-order valence-corrected chi connectivity index (χ4v) is 2.78. The number of aromatic amines is 1. The molecule has 0 aliphatic carbocycles. The molecule has 0 fully saturated rings. The van der Waals surface area contributed by atoms with Crippen LogP contribution in [-0.2, 0) is 4.79 Å². The topological polar surface area (TPSA) is 105 Å². The first-order chi connectivity index (χ1) is 11.9. The Morgan fingerprint density at radius 1 is 1.36 bits per heavy atom. The fourth-order valence-electron chi connectivity index (χ4n) is 2.23. The van der Waals surface area contributed by atoms with Gasteiger partial charge in [0.25, 0.3) is 11.1 Å². The zero-order valence-corrected chi connectivity index (χ0v) is 15.6. The number of nitrogens with one attached hydrogen (secondary N) is 2. The van der Waals surface area contributed by atoms with E-state index >= 15 is 0 Å². The van der Waals surface area contributed by atoms with Gasteiger partial charge in [0.1, 0.15) is 0 Å². The molecule has 2 aromatic heterocycles. The Labute approximate surface area is 149 Å². The van der Waals surface area contributed by atoms with E-state index in [1.54, 1.807) is 6.92 Å².